The van der Waals surface area contributed by atoms with Gasteiger partial charge in [-0.1, -0.05) is 0 Å². The molecule has 0 bridgehead atoms. The van der Waals surface area contributed by atoms with E-state index in [1.165, 1.54) is 0 Å². The van der Waals surface area contributed by atoms with Gasteiger partial charge in [-0.25, -0.2) is 17.5 Å². The molecule has 2 rings (SSSR count). The standard InChI is InChI=1S/C13H16F4N2O2S/c14-8-1-6-12(11(7-8)13(15,16)17)22(20,21)19-10-4-2-9(18)3-5-10/h1,6-7,9-10,19H,2-5,18H2. The molecule has 0 radical (unpaired) electrons. The third-order valence-corrected chi connectivity index (χ3v) is 5.21. The van der Waals surface area contributed by atoms with Crippen molar-refractivity contribution in [2.45, 2.75) is 48.8 Å². The highest BCUT2D eigenvalue weighted by Crippen LogP contribution is 2.35. The second-order valence-corrected chi connectivity index (χ2v) is 7.05. The third-order valence-electron chi connectivity index (χ3n) is 3.63. The number of benzene rings is 1. The van der Waals surface area contributed by atoms with Crippen molar-refractivity contribution in [3.63, 3.8) is 0 Å². The molecule has 0 aliphatic heterocycles. The van der Waals surface area contributed by atoms with E-state index in [0.717, 1.165) is 0 Å². The van der Waals surface area contributed by atoms with Crippen LogP contribution in [0.2, 0.25) is 0 Å². The van der Waals surface area contributed by atoms with E-state index < -0.39 is 38.5 Å². The predicted octanol–water partition coefficient (Wildman–Crippen LogP) is 2.39. The molecule has 1 aliphatic carbocycles. The van der Waals surface area contributed by atoms with E-state index in [2.05, 4.69) is 4.72 Å². The molecule has 1 aromatic carbocycles. The van der Waals surface area contributed by atoms with Crippen LogP contribution in [-0.2, 0) is 16.2 Å². The largest absolute Gasteiger partial charge is 0.417 e. The van der Waals surface area contributed by atoms with Gasteiger partial charge in [-0.15, -0.1) is 0 Å². The van der Waals surface area contributed by atoms with Crippen molar-refractivity contribution in [2.75, 3.05) is 0 Å². The quantitative estimate of drug-likeness (QED) is 0.830. The summed E-state index contributed by atoms with van der Waals surface area (Å²) in [6.07, 6.45) is -2.83. The number of hydrogen-bond acceptors (Lipinski definition) is 3. The molecule has 1 saturated carbocycles. The average Bonchev–Trinajstić information content (AvgIpc) is 2.40. The Labute approximate surface area is 125 Å². The normalized spacial score (nSPS) is 23.5. The third kappa shape index (κ3) is 3.96. The summed E-state index contributed by atoms with van der Waals surface area (Å²) >= 11 is 0. The number of sulfonamides is 1. The van der Waals surface area contributed by atoms with Crippen LogP contribution in [0.5, 0.6) is 0 Å². The number of rotatable bonds is 3. The number of alkyl halides is 3. The second-order valence-electron chi connectivity index (χ2n) is 5.37. The molecule has 0 aromatic heterocycles. The Kier molecular flexibility index (Phi) is 4.78. The summed E-state index contributed by atoms with van der Waals surface area (Å²) in [6.45, 7) is 0. The van der Waals surface area contributed by atoms with Gasteiger partial charge in [0, 0.05) is 12.1 Å². The Balaban J connectivity index is 2.30. The molecule has 124 valence electrons. The van der Waals surface area contributed by atoms with Gasteiger partial charge in [0.1, 0.15) is 5.82 Å². The number of hydrogen-bond donors (Lipinski definition) is 2. The van der Waals surface area contributed by atoms with E-state index in [1.54, 1.807) is 0 Å². The van der Waals surface area contributed by atoms with Crippen LogP contribution in [0.25, 0.3) is 0 Å². The summed E-state index contributed by atoms with van der Waals surface area (Å²) in [5, 5.41) is 0. The van der Waals surface area contributed by atoms with Crippen LogP contribution in [0.4, 0.5) is 17.6 Å². The van der Waals surface area contributed by atoms with Crippen molar-refractivity contribution in [1.29, 1.82) is 0 Å². The molecule has 0 unspecified atom stereocenters. The predicted molar refractivity (Wildman–Crippen MR) is 72.0 cm³/mol. The molecule has 0 saturated heterocycles. The molecule has 0 spiro atoms. The van der Waals surface area contributed by atoms with Crippen molar-refractivity contribution < 1.29 is 26.0 Å². The molecule has 1 aliphatic rings. The maximum absolute atomic E-state index is 13.0. The van der Waals surface area contributed by atoms with Crippen LogP contribution in [-0.4, -0.2) is 20.5 Å². The lowest BCUT2D eigenvalue weighted by atomic mass is 9.93. The summed E-state index contributed by atoms with van der Waals surface area (Å²) in [6, 6.07) is 1.04. The molecule has 1 fully saturated rings. The van der Waals surface area contributed by atoms with Crippen LogP contribution in [0.3, 0.4) is 0 Å². The fourth-order valence-electron chi connectivity index (χ4n) is 2.48. The summed E-state index contributed by atoms with van der Waals surface area (Å²) in [7, 11) is -4.39. The number of halogens is 4. The van der Waals surface area contributed by atoms with Gasteiger partial charge in [-0.05, 0) is 43.9 Å². The van der Waals surface area contributed by atoms with Crippen molar-refractivity contribution in [3.05, 3.63) is 29.6 Å². The minimum absolute atomic E-state index is 0.0164. The lowest BCUT2D eigenvalue weighted by Gasteiger charge is -2.27. The average molecular weight is 340 g/mol. The van der Waals surface area contributed by atoms with Gasteiger partial charge in [0.25, 0.3) is 0 Å². The van der Waals surface area contributed by atoms with E-state index in [0.29, 0.717) is 37.8 Å². The first-order valence-electron chi connectivity index (χ1n) is 6.74. The lowest BCUT2D eigenvalue weighted by Crippen LogP contribution is -2.40. The maximum Gasteiger partial charge on any atom is 0.417 e. The molecule has 0 heterocycles. The van der Waals surface area contributed by atoms with Crippen LogP contribution < -0.4 is 10.5 Å². The van der Waals surface area contributed by atoms with Crippen molar-refractivity contribution in [2.24, 2.45) is 5.73 Å². The molecule has 3 N–H and O–H groups in total. The Morgan fingerprint density at radius 3 is 2.27 bits per heavy atom. The SMILES string of the molecule is NC1CCC(NS(=O)(=O)c2ccc(F)cc2C(F)(F)F)CC1. The van der Waals surface area contributed by atoms with E-state index in [4.69, 9.17) is 5.73 Å². The van der Waals surface area contributed by atoms with Gasteiger partial charge in [-0.2, -0.15) is 13.2 Å². The van der Waals surface area contributed by atoms with E-state index in [1.807, 2.05) is 0 Å². The first-order valence-corrected chi connectivity index (χ1v) is 8.22. The molecular formula is C13H16F4N2O2S. The Morgan fingerprint density at radius 2 is 1.73 bits per heavy atom. The van der Waals surface area contributed by atoms with E-state index >= 15 is 0 Å². The fourth-order valence-corrected chi connectivity index (χ4v) is 3.99. The summed E-state index contributed by atoms with van der Waals surface area (Å²) in [4.78, 5) is -0.962. The minimum atomic E-state index is -4.96. The summed E-state index contributed by atoms with van der Waals surface area (Å²) < 4.78 is 78.4. The van der Waals surface area contributed by atoms with Crippen LogP contribution >= 0.6 is 0 Å². The summed E-state index contributed by atoms with van der Waals surface area (Å²) in [5.74, 6) is -1.14. The first-order chi connectivity index (χ1) is 10.1. The van der Waals surface area contributed by atoms with Crippen molar-refractivity contribution in [1.82, 2.24) is 4.72 Å². The highest BCUT2D eigenvalue weighted by Gasteiger charge is 2.38. The molecule has 1 aromatic rings. The number of nitrogens with one attached hydrogen (secondary N) is 1. The molecule has 0 amide bonds. The highest BCUT2D eigenvalue weighted by atomic mass is 32.2. The molecule has 0 atom stereocenters. The molecule has 22 heavy (non-hydrogen) atoms. The number of nitrogens with two attached hydrogens (primary N) is 1. The maximum atomic E-state index is 13.0. The highest BCUT2D eigenvalue weighted by molar-refractivity contribution is 7.89. The first kappa shape index (κ1) is 17.2. The Morgan fingerprint density at radius 1 is 1.14 bits per heavy atom. The molecular weight excluding hydrogens is 324 g/mol. The molecule has 4 nitrogen and oxygen atoms in total. The van der Waals surface area contributed by atoms with Gasteiger partial charge in [0.2, 0.25) is 10.0 Å². The van der Waals surface area contributed by atoms with Gasteiger partial charge < -0.3 is 5.73 Å². The fraction of sp³-hybridized carbons (Fsp3) is 0.538. The smallest absolute Gasteiger partial charge is 0.328 e. The van der Waals surface area contributed by atoms with Crippen LogP contribution in [0.1, 0.15) is 31.2 Å². The Hall–Kier alpha value is -1.19. The second kappa shape index (κ2) is 6.13. The Bertz CT molecular complexity index is 638. The van der Waals surface area contributed by atoms with Crippen LogP contribution in [0, 0.1) is 5.82 Å². The minimum Gasteiger partial charge on any atom is -0.328 e. The summed E-state index contributed by atoms with van der Waals surface area (Å²) in [5.41, 5.74) is 4.20. The molecule has 9 heteroatoms. The van der Waals surface area contributed by atoms with Gasteiger partial charge in [0.05, 0.1) is 10.5 Å². The van der Waals surface area contributed by atoms with Crippen molar-refractivity contribution >= 4 is 10.0 Å². The topological polar surface area (TPSA) is 72.2 Å². The zero-order valence-corrected chi connectivity index (χ0v) is 12.3. The van der Waals surface area contributed by atoms with Gasteiger partial charge in [-0.3, -0.25) is 0 Å². The van der Waals surface area contributed by atoms with E-state index in [-0.39, 0.29) is 12.1 Å². The zero-order valence-electron chi connectivity index (χ0n) is 11.5. The van der Waals surface area contributed by atoms with Crippen molar-refractivity contribution in [3.8, 4) is 0 Å². The van der Waals surface area contributed by atoms with Gasteiger partial charge >= 0.3 is 6.18 Å². The van der Waals surface area contributed by atoms with Gasteiger partial charge in [0.15, 0.2) is 0 Å². The monoisotopic (exact) mass is 340 g/mol. The van der Waals surface area contributed by atoms with Crippen LogP contribution in [0.15, 0.2) is 23.1 Å². The van der Waals surface area contributed by atoms with E-state index in [9.17, 15) is 26.0 Å². The lowest BCUT2D eigenvalue weighted by molar-refractivity contribution is -0.140. The zero-order chi connectivity index (χ0) is 16.5.